The summed E-state index contributed by atoms with van der Waals surface area (Å²) in [6.45, 7) is 5.02. The highest BCUT2D eigenvalue weighted by Gasteiger charge is 2.04. The van der Waals surface area contributed by atoms with Crippen molar-refractivity contribution in [3.8, 4) is 5.75 Å². The Morgan fingerprint density at radius 2 is 2.05 bits per heavy atom. The van der Waals surface area contributed by atoms with Crippen LogP contribution in [0.3, 0.4) is 0 Å². The fraction of sp³-hybridized carbons (Fsp3) is 0.278. The van der Waals surface area contributed by atoms with E-state index in [-0.39, 0.29) is 6.10 Å². The molecular formula is C18H20N2O. The lowest BCUT2D eigenvalue weighted by Gasteiger charge is -2.10. The van der Waals surface area contributed by atoms with Crippen molar-refractivity contribution in [2.45, 2.75) is 32.9 Å². The largest absolute Gasteiger partial charge is 0.491 e. The van der Waals surface area contributed by atoms with Gasteiger partial charge in [0.2, 0.25) is 0 Å². The predicted molar refractivity (Wildman–Crippen MR) is 85.6 cm³/mol. The zero-order valence-electron chi connectivity index (χ0n) is 12.5. The number of ether oxygens (including phenoxy) is 1. The van der Waals surface area contributed by atoms with E-state index >= 15 is 0 Å². The van der Waals surface area contributed by atoms with Gasteiger partial charge in [-0.2, -0.15) is 0 Å². The normalized spacial score (nSPS) is 11.2. The van der Waals surface area contributed by atoms with E-state index in [1.54, 1.807) is 0 Å². The average molecular weight is 280 g/mol. The fourth-order valence-corrected chi connectivity index (χ4v) is 2.50. The van der Waals surface area contributed by atoms with Gasteiger partial charge in [0, 0.05) is 42.0 Å². The smallest absolute Gasteiger partial charge is 0.120 e. The van der Waals surface area contributed by atoms with Crippen molar-refractivity contribution in [1.29, 1.82) is 0 Å². The van der Waals surface area contributed by atoms with Gasteiger partial charge in [0.1, 0.15) is 5.75 Å². The molecular weight excluding hydrogens is 260 g/mol. The molecule has 0 aliphatic carbocycles. The molecule has 2 aromatic heterocycles. The maximum absolute atomic E-state index is 5.74. The van der Waals surface area contributed by atoms with Gasteiger partial charge in [0.25, 0.3) is 0 Å². The van der Waals surface area contributed by atoms with E-state index in [4.69, 9.17) is 4.74 Å². The van der Waals surface area contributed by atoms with Crippen molar-refractivity contribution in [1.82, 2.24) is 9.55 Å². The molecule has 3 aromatic rings. The summed E-state index contributed by atoms with van der Waals surface area (Å²) in [5, 5.41) is 1.22. The number of nitrogens with zero attached hydrogens (tertiary/aromatic N) is 2. The molecule has 2 heterocycles. The third kappa shape index (κ3) is 3.24. The standard InChI is InChI=1S/C18H20N2O/c1-14(2)21-17-6-7-18-15(13-17)8-11-20(18)12-9-16-5-3-4-10-19-16/h3-8,10-11,13-14H,9,12H2,1-2H3. The zero-order valence-corrected chi connectivity index (χ0v) is 12.5. The molecule has 3 nitrogen and oxygen atoms in total. The summed E-state index contributed by atoms with van der Waals surface area (Å²) in [7, 11) is 0. The number of hydrogen-bond donors (Lipinski definition) is 0. The molecule has 0 amide bonds. The molecule has 0 atom stereocenters. The second-order valence-electron chi connectivity index (χ2n) is 5.47. The molecule has 108 valence electrons. The van der Waals surface area contributed by atoms with Crippen LogP contribution in [-0.4, -0.2) is 15.7 Å². The van der Waals surface area contributed by atoms with E-state index in [0.717, 1.165) is 24.4 Å². The summed E-state index contributed by atoms with van der Waals surface area (Å²) >= 11 is 0. The molecule has 0 spiro atoms. The van der Waals surface area contributed by atoms with Gasteiger partial charge < -0.3 is 9.30 Å². The highest BCUT2D eigenvalue weighted by atomic mass is 16.5. The highest BCUT2D eigenvalue weighted by molar-refractivity contribution is 5.81. The maximum atomic E-state index is 5.74. The van der Waals surface area contributed by atoms with Crippen LogP contribution in [0, 0.1) is 0 Å². The van der Waals surface area contributed by atoms with E-state index in [9.17, 15) is 0 Å². The first-order chi connectivity index (χ1) is 10.2. The molecule has 0 aliphatic rings. The van der Waals surface area contributed by atoms with Crippen molar-refractivity contribution in [3.05, 3.63) is 60.6 Å². The van der Waals surface area contributed by atoms with Crippen molar-refractivity contribution in [3.63, 3.8) is 0 Å². The monoisotopic (exact) mass is 280 g/mol. The van der Waals surface area contributed by atoms with Crippen LogP contribution in [0.15, 0.2) is 54.9 Å². The van der Waals surface area contributed by atoms with Gasteiger partial charge in [-0.3, -0.25) is 4.98 Å². The van der Waals surface area contributed by atoms with Gasteiger partial charge in [-0.25, -0.2) is 0 Å². The molecule has 21 heavy (non-hydrogen) atoms. The first-order valence-electron chi connectivity index (χ1n) is 7.38. The quantitative estimate of drug-likeness (QED) is 0.704. The third-order valence-electron chi connectivity index (χ3n) is 3.45. The summed E-state index contributed by atoms with van der Waals surface area (Å²) in [5.74, 6) is 0.931. The van der Waals surface area contributed by atoms with Crippen LogP contribution in [0.5, 0.6) is 5.75 Å². The molecule has 0 saturated heterocycles. The summed E-state index contributed by atoms with van der Waals surface area (Å²) < 4.78 is 8.01. The van der Waals surface area contributed by atoms with Crippen LogP contribution in [0.25, 0.3) is 10.9 Å². The van der Waals surface area contributed by atoms with Gasteiger partial charge in [0.15, 0.2) is 0 Å². The number of aromatic nitrogens is 2. The summed E-state index contributed by atoms with van der Waals surface area (Å²) in [4.78, 5) is 4.37. The molecule has 0 aliphatic heterocycles. The Hall–Kier alpha value is -2.29. The zero-order chi connectivity index (χ0) is 14.7. The van der Waals surface area contributed by atoms with E-state index < -0.39 is 0 Å². The van der Waals surface area contributed by atoms with Gasteiger partial charge >= 0.3 is 0 Å². The second kappa shape index (κ2) is 6.00. The molecule has 3 rings (SSSR count). The minimum atomic E-state index is 0.202. The lowest BCUT2D eigenvalue weighted by Crippen LogP contribution is -2.05. The molecule has 0 unspecified atom stereocenters. The molecule has 1 aromatic carbocycles. The minimum Gasteiger partial charge on any atom is -0.491 e. The fourth-order valence-electron chi connectivity index (χ4n) is 2.50. The molecule has 0 fully saturated rings. The van der Waals surface area contributed by atoms with Gasteiger partial charge in [0.05, 0.1) is 6.10 Å². The van der Waals surface area contributed by atoms with Crippen molar-refractivity contribution < 1.29 is 4.74 Å². The molecule has 0 N–H and O–H groups in total. The van der Waals surface area contributed by atoms with Gasteiger partial charge in [-0.05, 0) is 50.2 Å². The molecule has 0 radical (unpaired) electrons. The predicted octanol–water partition coefficient (Wildman–Crippen LogP) is 4.07. The van der Waals surface area contributed by atoms with Crippen molar-refractivity contribution in [2.24, 2.45) is 0 Å². The Kier molecular flexibility index (Phi) is 3.91. The molecule has 3 heteroatoms. The van der Waals surface area contributed by atoms with Crippen LogP contribution in [0.2, 0.25) is 0 Å². The molecule has 0 saturated carbocycles. The van der Waals surface area contributed by atoms with Crippen LogP contribution >= 0.6 is 0 Å². The van der Waals surface area contributed by atoms with Gasteiger partial charge in [-0.1, -0.05) is 6.07 Å². The average Bonchev–Trinajstić information content (AvgIpc) is 2.88. The van der Waals surface area contributed by atoms with E-state index in [0.29, 0.717) is 0 Å². The lowest BCUT2D eigenvalue weighted by atomic mass is 10.2. The van der Waals surface area contributed by atoms with Crippen LogP contribution < -0.4 is 4.74 Å². The summed E-state index contributed by atoms with van der Waals surface area (Å²) in [5.41, 5.74) is 2.36. The summed E-state index contributed by atoms with van der Waals surface area (Å²) in [6.07, 6.45) is 5.12. The number of aryl methyl sites for hydroxylation is 2. The first-order valence-corrected chi connectivity index (χ1v) is 7.38. The minimum absolute atomic E-state index is 0.202. The van der Waals surface area contributed by atoms with Crippen LogP contribution in [-0.2, 0) is 13.0 Å². The number of fused-ring (bicyclic) bond motifs is 1. The Labute approximate surface area is 125 Å². The van der Waals surface area contributed by atoms with E-state index in [1.807, 2.05) is 38.2 Å². The lowest BCUT2D eigenvalue weighted by molar-refractivity contribution is 0.243. The number of benzene rings is 1. The number of hydrogen-bond acceptors (Lipinski definition) is 2. The van der Waals surface area contributed by atoms with Gasteiger partial charge in [-0.15, -0.1) is 0 Å². The van der Waals surface area contributed by atoms with Crippen molar-refractivity contribution >= 4 is 10.9 Å². The Bertz CT molecular complexity index is 716. The Balaban J connectivity index is 1.77. The SMILES string of the molecule is CC(C)Oc1ccc2c(ccn2CCc2ccccn2)c1. The Morgan fingerprint density at radius 1 is 1.14 bits per heavy atom. The first kappa shape index (κ1) is 13.7. The van der Waals surface area contributed by atoms with Crippen molar-refractivity contribution in [2.75, 3.05) is 0 Å². The van der Waals surface area contributed by atoms with E-state index in [1.165, 1.54) is 10.9 Å². The number of rotatable bonds is 5. The summed E-state index contributed by atoms with van der Waals surface area (Å²) in [6, 6.07) is 14.5. The van der Waals surface area contributed by atoms with Crippen LogP contribution in [0.4, 0.5) is 0 Å². The maximum Gasteiger partial charge on any atom is 0.120 e. The second-order valence-corrected chi connectivity index (χ2v) is 5.47. The topological polar surface area (TPSA) is 27.1 Å². The molecule has 0 bridgehead atoms. The Morgan fingerprint density at radius 3 is 2.81 bits per heavy atom. The number of pyridine rings is 1. The highest BCUT2D eigenvalue weighted by Crippen LogP contribution is 2.23. The third-order valence-corrected chi connectivity index (χ3v) is 3.45. The van der Waals surface area contributed by atoms with Crippen LogP contribution in [0.1, 0.15) is 19.5 Å². The van der Waals surface area contributed by atoms with E-state index in [2.05, 4.69) is 40.0 Å².